The predicted molar refractivity (Wildman–Crippen MR) is 110 cm³/mol. The standard InChI is InChI=1S/C21H23N3O2S/c1-15-7-9-17(10-8-15)14-23-21-24-20(26)18(27-21)13-19(25)22-12-11-16-5-3-2-4-6-16/h2-10,18H,11-14H2,1H3,(H,22,25)(H,23,24,26)/t18-/m1/s1. The average Bonchev–Trinajstić information content (AvgIpc) is 3.01. The maximum Gasteiger partial charge on any atom is 0.240 e. The molecule has 1 aliphatic rings. The van der Waals surface area contributed by atoms with Gasteiger partial charge >= 0.3 is 0 Å². The Morgan fingerprint density at radius 2 is 1.85 bits per heavy atom. The van der Waals surface area contributed by atoms with Crippen LogP contribution in [0.25, 0.3) is 0 Å². The van der Waals surface area contributed by atoms with Crippen LogP contribution in [0.3, 0.4) is 0 Å². The highest BCUT2D eigenvalue weighted by atomic mass is 32.2. The molecule has 27 heavy (non-hydrogen) atoms. The van der Waals surface area contributed by atoms with Crippen molar-refractivity contribution in [3.8, 4) is 0 Å². The normalized spacial score (nSPS) is 17.7. The van der Waals surface area contributed by atoms with Crippen molar-refractivity contribution in [2.75, 3.05) is 6.54 Å². The topological polar surface area (TPSA) is 70.6 Å². The Bertz CT molecular complexity index is 819. The molecule has 1 saturated heterocycles. The van der Waals surface area contributed by atoms with Crippen LogP contribution in [-0.4, -0.2) is 28.8 Å². The zero-order valence-corrected chi connectivity index (χ0v) is 16.1. The zero-order valence-electron chi connectivity index (χ0n) is 15.3. The molecule has 0 unspecified atom stereocenters. The number of nitrogens with one attached hydrogen (secondary N) is 2. The molecule has 1 heterocycles. The van der Waals surface area contributed by atoms with Gasteiger partial charge in [-0.2, -0.15) is 0 Å². The van der Waals surface area contributed by atoms with E-state index in [9.17, 15) is 9.59 Å². The molecular formula is C21H23N3O2S. The van der Waals surface area contributed by atoms with E-state index in [4.69, 9.17) is 0 Å². The van der Waals surface area contributed by atoms with Crippen LogP contribution in [0.15, 0.2) is 59.6 Å². The lowest BCUT2D eigenvalue weighted by molar-refractivity contribution is -0.125. The minimum atomic E-state index is -0.418. The number of aryl methyl sites for hydroxylation is 1. The lowest BCUT2D eigenvalue weighted by atomic mass is 10.1. The molecule has 1 aliphatic heterocycles. The Morgan fingerprint density at radius 3 is 2.59 bits per heavy atom. The van der Waals surface area contributed by atoms with Gasteiger partial charge in [0.1, 0.15) is 5.25 Å². The van der Waals surface area contributed by atoms with E-state index in [1.807, 2.05) is 61.5 Å². The van der Waals surface area contributed by atoms with Gasteiger partial charge in [0.15, 0.2) is 5.17 Å². The van der Waals surface area contributed by atoms with Gasteiger partial charge in [-0.15, -0.1) is 0 Å². The molecule has 1 fully saturated rings. The molecule has 2 amide bonds. The highest BCUT2D eigenvalue weighted by Crippen LogP contribution is 2.22. The van der Waals surface area contributed by atoms with Gasteiger partial charge in [-0.05, 0) is 24.5 Å². The summed E-state index contributed by atoms with van der Waals surface area (Å²) in [7, 11) is 0. The van der Waals surface area contributed by atoms with Crippen molar-refractivity contribution in [3.63, 3.8) is 0 Å². The van der Waals surface area contributed by atoms with Crippen molar-refractivity contribution in [2.45, 2.75) is 31.6 Å². The van der Waals surface area contributed by atoms with E-state index in [-0.39, 0.29) is 18.2 Å². The molecule has 3 rings (SSSR count). The largest absolute Gasteiger partial charge is 0.356 e. The summed E-state index contributed by atoms with van der Waals surface area (Å²) in [5, 5.41) is 5.82. The molecule has 2 aromatic rings. The van der Waals surface area contributed by atoms with Crippen LogP contribution in [0, 0.1) is 6.92 Å². The molecule has 2 N–H and O–H groups in total. The second kappa shape index (κ2) is 9.37. The number of benzene rings is 2. The van der Waals surface area contributed by atoms with Crippen molar-refractivity contribution in [1.82, 2.24) is 10.6 Å². The molecule has 0 bridgehead atoms. The summed E-state index contributed by atoms with van der Waals surface area (Å²) < 4.78 is 0. The van der Waals surface area contributed by atoms with E-state index in [2.05, 4.69) is 15.6 Å². The number of hydrogen-bond acceptors (Lipinski definition) is 4. The van der Waals surface area contributed by atoms with Crippen molar-refractivity contribution in [2.24, 2.45) is 4.99 Å². The van der Waals surface area contributed by atoms with Gasteiger partial charge < -0.3 is 10.6 Å². The number of amides is 2. The first kappa shape index (κ1) is 19.2. The Kier molecular flexibility index (Phi) is 6.65. The SMILES string of the molecule is Cc1ccc(CN=C2NC(=O)[C@@H](CC(=O)NCCc3ccccc3)S2)cc1. The van der Waals surface area contributed by atoms with Crippen molar-refractivity contribution < 1.29 is 9.59 Å². The number of carbonyl (C=O) groups excluding carboxylic acids is 2. The molecule has 6 heteroatoms. The third-order valence-electron chi connectivity index (χ3n) is 4.25. The van der Waals surface area contributed by atoms with E-state index < -0.39 is 5.25 Å². The maximum absolute atomic E-state index is 12.1. The first-order chi connectivity index (χ1) is 13.1. The molecule has 0 aromatic heterocycles. The van der Waals surface area contributed by atoms with E-state index in [1.54, 1.807) is 0 Å². The van der Waals surface area contributed by atoms with Crippen LogP contribution in [0.5, 0.6) is 0 Å². The van der Waals surface area contributed by atoms with Gasteiger partial charge in [-0.25, -0.2) is 0 Å². The third kappa shape index (κ3) is 5.96. The first-order valence-electron chi connectivity index (χ1n) is 8.98. The molecule has 140 valence electrons. The maximum atomic E-state index is 12.1. The van der Waals surface area contributed by atoms with Crippen LogP contribution in [0.4, 0.5) is 0 Å². The molecule has 2 aromatic carbocycles. The summed E-state index contributed by atoms with van der Waals surface area (Å²) in [5.74, 6) is -0.265. The van der Waals surface area contributed by atoms with Crippen LogP contribution in [0.2, 0.25) is 0 Å². The molecular weight excluding hydrogens is 358 g/mol. The predicted octanol–water partition coefficient (Wildman–Crippen LogP) is 2.83. The Balaban J connectivity index is 1.43. The van der Waals surface area contributed by atoms with Crippen molar-refractivity contribution in [1.29, 1.82) is 0 Å². The minimum absolute atomic E-state index is 0.113. The van der Waals surface area contributed by atoms with Crippen LogP contribution >= 0.6 is 11.8 Å². The quantitative estimate of drug-likeness (QED) is 0.775. The lowest BCUT2D eigenvalue weighted by Gasteiger charge is -2.07. The lowest BCUT2D eigenvalue weighted by Crippen LogP contribution is -2.32. The van der Waals surface area contributed by atoms with E-state index in [1.165, 1.54) is 22.9 Å². The minimum Gasteiger partial charge on any atom is -0.356 e. The summed E-state index contributed by atoms with van der Waals surface area (Å²) in [6, 6.07) is 18.1. The third-order valence-corrected chi connectivity index (χ3v) is 5.37. The number of hydrogen-bond donors (Lipinski definition) is 2. The van der Waals surface area contributed by atoms with Gasteiger partial charge in [0, 0.05) is 13.0 Å². The van der Waals surface area contributed by atoms with Crippen LogP contribution in [0.1, 0.15) is 23.1 Å². The number of carbonyl (C=O) groups is 2. The van der Waals surface area contributed by atoms with Crippen molar-refractivity contribution >= 4 is 28.7 Å². The molecule has 1 atom stereocenters. The average molecular weight is 382 g/mol. The number of nitrogens with zero attached hydrogens (tertiary/aromatic N) is 1. The Morgan fingerprint density at radius 1 is 1.11 bits per heavy atom. The fourth-order valence-corrected chi connectivity index (χ4v) is 3.67. The monoisotopic (exact) mass is 381 g/mol. The Hall–Kier alpha value is -2.60. The first-order valence-corrected chi connectivity index (χ1v) is 9.86. The number of amidine groups is 1. The second-order valence-corrected chi connectivity index (χ2v) is 7.68. The zero-order chi connectivity index (χ0) is 19.1. The molecule has 5 nitrogen and oxygen atoms in total. The van der Waals surface area contributed by atoms with Crippen LogP contribution < -0.4 is 10.6 Å². The van der Waals surface area contributed by atoms with E-state index >= 15 is 0 Å². The number of thioether (sulfide) groups is 1. The summed E-state index contributed by atoms with van der Waals surface area (Å²) in [6.45, 7) is 3.12. The number of rotatable bonds is 7. The highest BCUT2D eigenvalue weighted by molar-refractivity contribution is 8.15. The van der Waals surface area contributed by atoms with Gasteiger partial charge in [-0.1, -0.05) is 71.9 Å². The van der Waals surface area contributed by atoms with Gasteiger partial charge in [0.25, 0.3) is 0 Å². The van der Waals surface area contributed by atoms with E-state index in [0.29, 0.717) is 18.3 Å². The second-order valence-electron chi connectivity index (χ2n) is 6.49. The smallest absolute Gasteiger partial charge is 0.240 e. The van der Waals surface area contributed by atoms with Gasteiger partial charge in [-0.3, -0.25) is 14.6 Å². The summed E-state index contributed by atoms with van der Waals surface area (Å²) in [4.78, 5) is 28.6. The van der Waals surface area contributed by atoms with Gasteiger partial charge in [0.2, 0.25) is 11.8 Å². The van der Waals surface area contributed by atoms with E-state index in [0.717, 1.165) is 12.0 Å². The van der Waals surface area contributed by atoms with Gasteiger partial charge in [0.05, 0.1) is 6.54 Å². The summed E-state index contributed by atoms with van der Waals surface area (Å²) >= 11 is 1.33. The summed E-state index contributed by atoms with van der Waals surface area (Å²) in [6.07, 6.45) is 0.939. The Labute approximate surface area is 163 Å². The summed E-state index contributed by atoms with van der Waals surface area (Å²) in [5.41, 5.74) is 3.47. The van der Waals surface area contributed by atoms with Crippen LogP contribution in [-0.2, 0) is 22.6 Å². The number of aliphatic imine (C=N–C) groups is 1. The molecule has 0 radical (unpaired) electrons. The molecule has 0 spiro atoms. The fourth-order valence-electron chi connectivity index (χ4n) is 2.70. The highest BCUT2D eigenvalue weighted by Gasteiger charge is 2.31. The molecule has 0 saturated carbocycles. The van der Waals surface area contributed by atoms with Crippen molar-refractivity contribution in [3.05, 3.63) is 71.3 Å². The fraction of sp³-hybridized carbons (Fsp3) is 0.286. The molecule has 0 aliphatic carbocycles.